The summed E-state index contributed by atoms with van der Waals surface area (Å²) in [6.07, 6.45) is 2.99. The molecule has 14 heavy (non-hydrogen) atoms. The van der Waals surface area contributed by atoms with E-state index in [4.69, 9.17) is 5.11 Å². The van der Waals surface area contributed by atoms with Crippen LogP contribution in [-0.2, 0) is 0 Å². The third kappa shape index (κ3) is 2.85. The minimum Gasteiger partial charge on any atom is -0.478 e. The van der Waals surface area contributed by atoms with Gasteiger partial charge in [0, 0.05) is 20.3 Å². The lowest BCUT2D eigenvalue weighted by Gasteiger charge is -2.01. The summed E-state index contributed by atoms with van der Waals surface area (Å²) in [5.41, 5.74) is 0.186. The zero-order valence-electron chi connectivity index (χ0n) is 8.01. The maximum Gasteiger partial charge on any atom is 0.335 e. The van der Waals surface area contributed by atoms with E-state index >= 15 is 0 Å². The smallest absolute Gasteiger partial charge is 0.335 e. The summed E-state index contributed by atoms with van der Waals surface area (Å²) >= 11 is 0. The van der Waals surface area contributed by atoms with Crippen molar-refractivity contribution in [2.75, 3.05) is 14.1 Å². The molecule has 0 aliphatic carbocycles. The number of aromatic carboxylic acids is 1. The molecule has 0 unspecified atom stereocenters. The van der Waals surface area contributed by atoms with Crippen LogP contribution < -0.4 is 0 Å². The number of carboxylic acid groups (broad SMARTS) is 1. The van der Waals surface area contributed by atoms with Crippen molar-refractivity contribution in [1.82, 2.24) is 9.88 Å². The van der Waals surface area contributed by atoms with Gasteiger partial charge in [-0.15, -0.1) is 0 Å². The van der Waals surface area contributed by atoms with E-state index in [1.54, 1.807) is 11.2 Å². The normalized spacial score (nSPS) is 10.4. The maximum absolute atomic E-state index is 10.6. The number of aliphatic imine (C=N–C) groups is 1. The van der Waals surface area contributed by atoms with Gasteiger partial charge in [-0.25, -0.2) is 14.8 Å². The molecule has 0 fully saturated rings. The van der Waals surface area contributed by atoms with Gasteiger partial charge in [0.15, 0.2) is 5.82 Å². The summed E-state index contributed by atoms with van der Waals surface area (Å²) < 4.78 is 0. The lowest BCUT2D eigenvalue weighted by atomic mass is 10.3. The second-order valence-corrected chi connectivity index (χ2v) is 2.92. The van der Waals surface area contributed by atoms with E-state index in [-0.39, 0.29) is 5.56 Å². The average Bonchev–Trinajstić information content (AvgIpc) is 2.15. The van der Waals surface area contributed by atoms with Crippen LogP contribution in [0.5, 0.6) is 0 Å². The summed E-state index contributed by atoms with van der Waals surface area (Å²) in [7, 11) is 3.65. The molecule has 0 aromatic carbocycles. The highest BCUT2D eigenvalue weighted by Gasteiger charge is 2.02. The molecule has 1 N–H and O–H groups in total. The summed E-state index contributed by atoms with van der Waals surface area (Å²) in [4.78, 5) is 20.2. The molecule has 0 radical (unpaired) electrons. The van der Waals surface area contributed by atoms with Crippen molar-refractivity contribution < 1.29 is 9.90 Å². The Morgan fingerprint density at radius 3 is 2.93 bits per heavy atom. The van der Waals surface area contributed by atoms with Gasteiger partial charge in [0.2, 0.25) is 0 Å². The van der Waals surface area contributed by atoms with Crippen LogP contribution in [0.15, 0.2) is 23.3 Å². The van der Waals surface area contributed by atoms with Crippen LogP contribution in [0.3, 0.4) is 0 Å². The van der Waals surface area contributed by atoms with Gasteiger partial charge in [-0.1, -0.05) is 0 Å². The molecule has 0 saturated heterocycles. The number of pyridine rings is 1. The van der Waals surface area contributed by atoms with E-state index in [0.29, 0.717) is 5.82 Å². The first kappa shape index (κ1) is 10.2. The van der Waals surface area contributed by atoms with Crippen molar-refractivity contribution in [3.8, 4) is 0 Å². The number of hydrogen-bond donors (Lipinski definition) is 1. The lowest BCUT2D eigenvalue weighted by Crippen LogP contribution is -2.07. The van der Waals surface area contributed by atoms with Crippen molar-refractivity contribution in [2.45, 2.75) is 0 Å². The lowest BCUT2D eigenvalue weighted by molar-refractivity contribution is 0.0697. The first-order chi connectivity index (χ1) is 6.59. The Balaban J connectivity index is 2.89. The molecule has 1 rings (SSSR count). The first-order valence-corrected chi connectivity index (χ1v) is 3.99. The van der Waals surface area contributed by atoms with Crippen LogP contribution in [0.2, 0.25) is 0 Å². The van der Waals surface area contributed by atoms with E-state index in [1.165, 1.54) is 18.3 Å². The molecule has 0 aliphatic heterocycles. The zero-order valence-corrected chi connectivity index (χ0v) is 8.01. The minimum absolute atomic E-state index is 0.186. The maximum atomic E-state index is 10.6. The molecule has 5 nitrogen and oxygen atoms in total. The van der Waals surface area contributed by atoms with Crippen molar-refractivity contribution >= 4 is 18.1 Å². The van der Waals surface area contributed by atoms with E-state index < -0.39 is 5.97 Å². The molecule has 5 heteroatoms. The Morgan fingerprint density at radius 1 is 1.64 bits per heavy atom. The Bertz CT molecular complexity index is 361. The number of carbonyl (C=O) groups is 1. The van der Waals surface area contributed by atoms with Crippen molar-refractivity contribution in [3.63, 3.8) is 0 Å². The summed E-state index contributed by atoms with van der Waals surface area (Å²) in [6.45, 7) is 0. The monoisotopic (exact) mass is 193 g/mol. The van der Waals surface area contributed by atoms with E-state index in [9.17, 15) is 4.79 Å². The fourth-order valence-corrected chi connectivity index (χ4v) is 0.797. The number of aromatic nitrogens is 1. The van der Waals surface area contributed by atoms with Gasteiger partial charge in [-0.2, -0.15) is 0 Å². The highest BCUT2D eigenvalue weighted by atomic mass is 16.4. The molecule has 0 saturated carbocycles. The van der Waals surface area contributed by atoms with E-state index in [1.807, 2.05) is 14.1 Å². The van der Waals surface area contributed by atoms with Gasteiger partial charge in [-0.05, 0) is 12.1 Å². The fourth-order valence-electron chi connectivity index (χ4n) is 0.797. The molecule has 1 aromatic rings. The largest absolute Gasteiger partial charge is 0.478 e. The summed E-state index contributed by atoms with van der Waals surface area (Å²) in [6, 6.07) is 2.85. The number of rotatable bonds is 3. The third-order valence-corrected chi connectivity index (χ3v) is 1.41. The second-order valence-electron chi connectivity index (χ2n) is 2.92. The summed E-state index contributed by atoms with van der Waals surface area (Å²) in [5, 5.41) is 8.70. The van der Waals surface area contributed by atoms with Crippen LogP contribution >= 0.6 is 0 Å². The molecule has 1 heterocycles. The highest BCUT2D eigenvalue weighted by Crippen LogP contribution is 2.09. The number of nitrogens with zero attached hydrogens (tertiary/aromatic N) is 3. The van der Waals surface area contributed by atoms with Crippen LogP contribution in [0.25, 0.3) is 0 Å². The topological polar surface area (TPSA) is 65.8 Å². The van der Waals surface area contributed by atoms with Gasteiger partial charge < -0.3 is 10.0 Å². The SMILES string of the molecule is CN(C)C=Nc1cc(C(=O)O)ccn1. The van der Waals surface area contributed by atoms with Gasteiger partial charge >= 0.3 is 5.97 Å². The Morgan fingerprint density at radius 2 is 2.36 bits per heavy atom. The zero-order chi connectivity index (χ0) is 10.6. The van der Waals surface area contributed by atoms with Gasteiger partial charge in [0.05, 0.1) is 11.9 Å². The van der Waals surface area contributed by atoms with Crippen molar-refractivity contribution in [3.05, 3.63) is 23.9 Å². The predicted molar refractivity (Wildman–Crippen MR) is 53.0 cm³/mol. The molecule has 74 valence electrons. The molecule has 0 bridgehead atoms. The van der Waals surface area contributed by atoms with E-state index in [0.717, 1.165) is 0 Å². The molecule has 0 aliphatic rings. The van der Waals surface area contributed by atoms with Crippen LogP contribution in [0.4, 0.5) is 5.82 Å². The molecular formula is C9H11N3O2. The Kier molecular flexibility index (Phi) is 3.17. The number of hydrogen-bond acceptors (Lipinski definition) is 3. The summed E-state index contributed by atoms with van der Waals surface area (Å²) in [5.74, 6) is -0.590. The average molecular weight is 193 g/mol. The van der Waals surface area contributed by atoms with Crippen molar-refractivity contribution in [2.24, 2.45) is 4.99 Å². The van der Waals surface area contributed by atoms with Crippen LogP contribution in [0, 0.1) is 0 Å². The second kappa shape index (κ2) is 4.36. The van der Waals surface area contributed by atoms with Gasteiger partial charge in [0.1, 0.15) is 0 Å². The molecule has 0 spiro atoms. The minimum atomic E-state index is -0.978. The molecular weight excluding hydrogens is 182 g/mol. The molecule has 0 amide bonds. The molecule has 1 aromatic heterocycles. The third-order valence-electron chi connectivity index (χ3n) is 1.41. The van der Waals surface area contributed by atoms with Crippen LogP contribution in [0.1, 0.15) is 10.4 Å². The van der Waals surface area contributed by atoms with Gasteiger partial charge in [-0.3, -0.25) is 0 Å². The molecule has 0 atom stereocenters. The number of carboxylic acids is 1. The van der Waals surface area contributed by atoms with Gasteiger partial charge in [0.25, 0.3) is 0 Å². The Hall–Kier alpha value is -1.91. The fraction of sp³-hybridized carbons (Fsp3) is 0.222. The Labute approximate surface area is 81.7 Å². The first-order valence-electron chi connectivity index (χ1n) is 3.99. The van der Waals surface area contributed by atoms with Crippen LogP contribution in [-0.4, -0.2) is 41.4 Å². The predicted octanol–water partition coefficient (Wildman–Crippen LogP) is 1.00. The standard InChI is InChI=1S/C9H11N3O2/c1-12(2)6-11-8-5-7(9(13)14)3-4-10-8/h3-6H,1-2H3,(H,13,14). The highest BCUT2D eigenvalue weighted by molar-refractivity contribution is 5.88. The quantitative estimate of drug-likeness (QED) is 0.574. The van der Waals surface area contributed by atoms with E-state index in [2.05, 4.69) is 9.98 Å². The van der Waals surface area contributed by atoms with Crippen molar-refractivity contribution in [1.29, 1.82) is 0 Å².